The minimum atomic E-state index is 0.562. The predicted octanol–water partition coefficient (Wildman–Crippen LogP) is 15.1. The number of para-hydroxylation sites is 3. The molecule has 0 amide bonds. The second-order valence-corrected chi connectivity index (χ2v) is 15.9. The van der Waals surface area contributed by atoms with Crippen LogP contribution in [0, 0.1) is 0 Å². The van der Waals surface area contributed by atoms with Gasteiger partial charge in [-0.05, 0) is 77.4 Å². The average Bonchev–Trinajstić information content (AvgIpc) is 4.04. The van der Waals surface area contributed by atoms with Gasteiger partial charge in [-0.1, -0.05) is 146 Å². The molecule has 4 aromatic heterocycles. The molecule has 0 unspecified atom stereocenters. The normalized spacial score (nSPS) is 11.8. The number of fused-ring (bicyclic) bond motifs is 9. The van der Waals surface area contributed by atoms with Crippen molar-refractivity contribution in [1.29, 1.82) is 0 Å². The van der Waals surface area contributed by atoms with E-state index in [0.717, 1.165) is 110 Å². The van der Waals surface area contributed by atoms with Crippen molar-refractivity contribution in [3.05, 3.63) is 206 Å². The van der Waals surface area contributed by atoms with E-state index in [1.165, 1.54) is 0 Å². The molecule has 0 fully saturated rings. The van der Waals surface area contributed by atoms with Crippen LogP contribution >= 0.6 is 0 Å². The first-order chi connectivity index (χ1) is 31.2. The quantitative estimate of drug-likeness (QED) is 0.167. The van der Waals surface area contributed by atoms with Gasteiger partial charge in [0.25, 0.3) is 0 Å². The first-order valence-electron chi connectivity index (χ1n) is 21.1. The van der Waals surface area contributed by atoms with Gasteiger partial charge in [-0.3, -0.25) is 0 Å². The van der Waals surface area contributed by atoms with Gasteiger partial charge in [0.05, 0.1) is 11.0 Å². The molecule has 9 aromatic carbocycles. The Labute approximate surface area is 361 Å². The Kier molecular flexibility index (Phi) is 7.80. The van der Waals surface area contributed by atoms with E-state index in [1.807, 2.05) is 60.7 Å². The third-order valence-corrected chi connectivity index (χ3v) is 12.2. The maximum atomic E-state index is 6.92. The standard InChI is InChI=1S/C57H34N4O2/c1-4-16-35(17-5-1)45-32-38(40-24-15-29-50-53(40)43-23-11-13-28-49(43)62-50)33-46-41-31-30-37(34-51(41)63-54(45)46)56-58-55(36-18-6-2-7-19-36)59-57(60-56)44-25-14-27-48-52(44)42-22-10-12-26-47(42)61(48)39-20-8-3-9-21-39/h1-34H. The number of furan rings is 2. The highest BCUT2D eigenvalue weighted by Gasteiger charge is 2.22. The van der Waals surface area contributed by atoms with E-state index in [4.69, 9.17) is 23.8 Å². The van der Waals surface area contributed by atoms with Crippen LogP contribution in [0.15, 0.2) is 215 Å². The Balaban J connectivity index is 1.02. The highest BCUT2D eigenvalue weighted by molar-refractivity contribution is 6.17. The van der Waals surface area contributed by atoms with Gasteiger partial charge < -0.3 is 13.4 Å². The summed E-state index contributed by atoms with van der Waals surface area (Å²) in [5.74, 6) is 1.76. The molecule has 0 bridgehead atoms. The zero-order valence-corrected chi connectivity index (χ0v) is 33.7. The fourth-order valence-corrected chi connectivity index (χ4v) is 9.42. The Bertz CT molecular complexity index is 3900. The molecule has 0 aliphatic heterocycles. The van der Waals surface area contributed by atoms with Gasteiger partial charge in [0.2, 0.25) is 0 Å². The maximum absolute atomic E-state index is 6.92. The van der Waals surface area contributed by atoms with Crippen molar-refractivity contribution in [1.82, 2.24) is 19.5 Å². The van der Waals surface area contributed by atoms with Gasteiger partial charge in [-0.25, -0.2) is 15.0 Å². The Hall–Kier alpha value is -8.61. The van der Waals surface area contributed by atoms with Crippen LogP contribution in [-0.2, 0) is 0 Å². The van der Waals surface area contributed by atoms with E-state index in [0.29, 0.717) is 17.5 Å². The third kappa shape index (κ3) is 5.62. The second kappa shape index (κ2) is 14.0. The Morgan fingerprint density at radius 1 is 0.317 bits per heavy atom. The van der Waals surface area contributed by atoms with Crippen LogP contribution in [0.5, 0.6) is 0 Å². The van der Waals surface area contributed by atoms with Gasteiger partial charge in [0, 0.05) is 60.3 Å². The molecule has 0 spiro atoms. The van der Waals surface area contributed by atoms with Crippen molar-refractivity contribution in [3.63, 3.8) is 0 Å². The summed E-state index contributed by atoms with van der Waals surface area (Å²) in [6.45, 7) is 0. The highest BCUT2D eigenvalue weighted by atomic mass is 16.3. The zero-order valence-electron chi connectivity index (χ0n) is 33.7. The van der Waals surface area contributed by atoms with E-state index in [-0.39, 0.29) is 0 Å². The number of benzene rings is 9. The number of nitrogens with zero attached hydrogens (tertiary/aromatic N) is 4. The molecule has 0 atom stereocenters. The number of aromatic nitrogens is 4. The SMILES string of the molecule is c1ccc(-c2nc(-c3ccc4c(c3)oc3c(-c5ccccc5)cc(-c5cccc6oc7ccccc7c56)cc34)nc(-c3cccc4c3c3ccccc3n4-c3ccccc3)n2)cc1. The molecule has 6 nitrogen and oxygen atoms in total. The van der Waals surface area contributed by atoms with Crippen molar-refractivity contribution in [2.75, 3.05) is 0 Å². The Morgan fingerprint density at radius 3 is 1.78 bits per heavy atom. The summed E-state index contributed by atoms with van der Waals surface area (Å²) in [5, 5.41) is 6.44. The highest BCUT2D eigenvalue weighted by Crippen LogP contribution is 2.44. The van der Waals surface area contributed by atoms with Gasteiger partial charge in [0.1, 0.15) is 22.3 Å². The van der Waals surface area contributed by atoms with Crippen LogP contribution in [0.2, 0.25) is 0 Å². The van der Waals surface area contributed by atoms with Gasteiger partial charge in [0.15, 0.2) is 17.5 Å². The summed E-state index contributed by atoms with van der Waals surface area (Å²) in [5.41, 5.74) is 13.6. The summed E-state index contributed by atoms with van der Waals surface area (Å²) in [6, 6.07) is 71.4. The van der Waals surface area contributed by atoms with Crippen molar-refractivity contribution < 1.29 is 8.83 Å². The fourth-order valence-electron chi connectivity index (χ4n) is 9.42. The molecular weight excluding hydrogens is 773 g/mol. The molecule has 4 heterocycles. The molecule has 6 heteroatoms. The molecule has 0 aliphatic rings. The molecule has 0 aliphatic carbocycles. The maximum Gasteiger partial charge on any atom is 0.164 e. The number of rotatable bonds is 6. The van der Waals surface area contributed by atoms with Crippen LogP contribution in [0.3, 0.4) is 0 Å². The van der Waals surface area contributed by atoms with E-state index in [1.54, 1.807) is 0 Å². The fraction of sp³-hybridized carbons (Fsp3) is 0. The van der Waals surface area contributed by atoms with Crippen molar-refractivity contribution in [2.24, 2.45) is 0 Å². The van der Waals surface area contributed by atoms with Crippen molar-refractivity contribution in [2.45, 2.75) is 0 Å². The van der Waals surface area contributed by atoms with Gasteiger partial charge in [-0.2, -0.15) is 0 Å². The number of hydrogen-bond acceptors (Lipinski definition) is 5. The largest absolute Gasteiger partial charge is 0.456 e. The molecule has 13 rings (SSSR count). The smallest absolute Gasteiger partial charge is 0.164 e. The molecule has 63 heavy (non-hydrogen) atoms. The lowest BCUT2D eigenvalue weighted by Crippen LogP contribution is -2.00. The molecule has 0 radical (unpaired) electrons. The summed E-state index contributed by atoms with van der Waals surface area (Å²) in [4.78, 5) is 15.6. The van der Waals surface area contributed by atoms with Crippen LogP contribution in [0.4, 0.5) is 0 Å². The molecule has 0 N–H and O–H groups in total. The van der Waals surface area contributed by atoms with E-state index in [9.17, 15) is 0 Å². The molecule has 13 aromatic rings. The summed E-state index contributed by atoms with van der Waals surface area (Å²) in [7, 11) is 0. The topological polar surface area (TPSA) is 69.9 Å². The molecule has 0 saturated heterocycles. The molecular formula is C57H34N4O2. The van der Waals surface area contributed by atoms with Crippen LogP contribution in [0.1, 0.15) is 0 Å². The van der Waals surface area contributed by atoms with Crippen molar-refractivity contribution >= 4 is 65.7 Å². The van der Waals surface area contributed by atoms with E-state index >= 15 is 0 Å². The monoisotopic (exact) mass is 806 g/mol. The van der Waals surface area contributed by atoms with E-state index < -0.39 is 0 Å². The van der Waals surface area contributed by atoms with Gasteiger partial charge >= 0.3 is 0 Å². The summed E-state index contributed by atoms with van der Waals surface area (Å²) < 4.78 is 15.6. The number of hydrogen-bond donors (Lipinski definition) is 0. The van der Waals surface area contributed by atoms with Crippen molar-refractivity contribution in [3.8, 4) is 62.1 Å². The lowest BCUT2D eigenvalue weighted by atomic mass is 9.93. The minimum Gasteiger partial charge on any atom is -0.456 e. The second-order valence-electron chi connectivity index (χ2n) is 15.9. The lowest BCUT2D eigenvalue weighted by Gasteiger charge is -2.10. The summed E-state index contributed by atoms with van der Waals surface area (Å²) >= 11 is 0. The van der Waals surface area contributed by atoms with E-state index in [2.05, 4.69) is 150 Å². The first kappa shape index (κ1) is 35.2. The van der Waals surface area contributed by atoms with Crippen LogP contribution < -0.4 is 0 Å². The van der Waals surface area contributed by atoms with Crippen LogP contribution in [0.25, 0.3) is 128 Å². The van der Waals surface area contributed by atoms with Gasteiger partial charge in [-0.15, -0.1) is 0 Å². The predicted molar refractivity (Wildman–Crippen MR) is 256 cm³/mol. The first-order valence-corrected chi connectivity index (χ1v) is 21.1. The van der Waals surface area contributed by atoms with Crippen LogP contribution in [-0.4, -0.2) is 19.5 Å². The molecule has 0 saturated carbocycles. The molecule has 294 valence electrons. The Morgan fingerprint density at radius 2 is 0.952 bits per heavy atom. The average molecular weight is 807 g/mol. The minimum absolute atomic E-state index is 0.562. The third-order valence-electron chi connectivity index (χ3n) is 12.2. The zero-order chi connectivity index (χ0) is 41.4. The summed E-state index contributed by atoms with van der Waals surface area (Å²) in [6.07, 6.45) is 0. The lowest BCUT2D eigenvalue weighted by molar-refractivity contribution is 0.669.